The molecule has 2 aromatic rings. The van der Waals surface area contributed by atoms with Crippen molar-refractivity contribution in [3.05, 3.63) is 59.2 Å². The van der Waals surface area contributed by atoms with Gasteiger partial charge >= 0.3 is 0 Å². The van der Waals surface area contributed by atoms with E-state index < -0.39 is 11.6 Å². The van der Waals surface area contributed by atoms with Gasteiger partial charge in [0.1, 0.15) is 11.7 Å². The molecule has 6 heteroatoms. The summed E-state index contributed by atoms with van der Waals surface area (Å²) < 4.78 is 6.56. The Labute approximate surface area is 171 Å². The molecule has 0 aromatic heterocycles. The van der Waals surface area contributed by atoms with Crippen molar-refractivity contribution in [1.29, 1.82) is 0 Å². The van der Waals surface area contributed by atoms with Gasteiger partial charge in [0.25, 0.3) is 0 Å². The van der Waals surface area contributed by atoms with E-state index in [0.717, 1.165) is 28.1 Å². The first kappa shape index (κ1) is 18.7. The van der Waals surface area contributed by atoms with Gasteiger partial charge in [-0.15, -0.1) is 0 Å². The molecule has 2 aliphatic heterocycles. The van der Waals surface area contributed by atoms with E-state index in [2.05, 4.69) is 17.4 Å². The molecular weight excluding hydrogens is 370 g/mol. The average molecular weight is 396 g/mol. The third kappa shape index (κ3) is 2.75. The highest BCUT2D eigenvalue weighted by Crippen LogP contribution is 2.50. The molecule has 4 rings (SSSR count). The lowest BCUT2D eigenvalue weighted by Crippen LogP contribution is -2.72. The molecule has 1 saturated heterocycles. The van der Waals surface area contributed by atoms with Crippen LogP contribution in [-0.2, 0) is 4.79 Å². The molecule has 0 spiro atoms. The molecule has 0 radical (unpaired) electrons. The highest BCUT2D eigenvalue weighted by Gasteiger charge is 2.59. The first-order valence-electron chi connectivity index (χ1n) is 9.40. The normalized spacial score (nSPS) is 25.5. The van der Waals surface area contributed by atoms with Crippen LogP contribution in [0.1, 0.15) is 29.7 Å². The van der Waals surface area contributed by atoms with Gasteiger partial charge < -0.3 is 15.0 Å². The number of fused-ring (bicyclic) bond motifs is 4. The second-order valence-electron chi connectivity index (χ2n) is 8.01. The van der Waals surface area contributed by atoms with Crippen LogP contribution in [0.3, 0.4) is 0 Å². The van der Waals surface area contributed by atoms with Crippen LogP contribution in [0, 0.1) is 19.8 Å². The van der Waals surface area contributed by atoms with Gasteiger partial charge in [-0.3, -0.25) is 9.69 Å². The van der Waals surface area contributed by atoms with E-state index in [4.69, 9.17) is 17.0 Å². The molecule has 0 aliphatic carbocycles. The van der Waals surface area contributed by atoms with Gasteiger partial charge in [-0.05, 0) is 56.8 Å². The maximum Gasteiger partial charge on any atom is 0.233 e. The van der Waals surface area contributed by atoms with Gasteiger partial charge in [-0.1, -0.05) is 29.8 Å². The second kappa shape index (κ2) is 6.48. The number of carbonyl (C=O) groups excluding carboxylic acids is 1. The summed E-state index contributed by atoms with van der Waals surface area (Å²) in [4.78, 5) is 16.9. The third-order valence-electron chi connectivity index (χ3n) is 5.62. The molecule has 28 heavy (non-hydrogen) atoms. The quantitative estimate of drug-likeness (QED) is 0.788. The third-order valence-corrected chi connectivity index (χ3v) is 5.92. The summed E-state index contributed by atoms with van der Waals surface area (Å²) in [6.07, 6.45) is 0. The summed E-state index contributed by atoms with van der Waals surface area (Å²) in [5.74, 6) is 0.338. The van der Waals surface area contributed by atoms with Gasteiger partial charge in [0.2, 0.25) is 5.91 Å². The predicted molar refractivity (Wildman–Crippen MR) is 115 cm³/mol. The van der Waals surface area contributed by atoms with Crippen LogP contribution in [-0.4, -0.2) is 35.7 Å². The summed E-state index contributed by atoms with van der Waals surface area (Å²) in [6.45, 7) is 6.04. The maximum atomic E-state index is 13.3. The van der Waals surface area contributed by atoms with E-state index >= 15 is 0 Å². The second-order valence-corrected chi connectivity index (χ2v) is 8.40. The zero-order valence-electron chi connectivity index (χ0n) is 16.8. The molecule has 3 atom stereocenters. The zero-order chi connectivity index (χ0) is 20.2. The molecule has 2 aliphatic rings. The number of anilines is 1. The first-order valence-corrected chi connectivity index (χ1v) is 9.81. The van der Waals surface area contributed by atoms with Crippen molar-refractivity contribution in [2.24, 2.45) is 5.92 Å². The van der Waals surface area contributed by atoms with Gasteiger partial charge in [-0.2, -0.15) is 0 Å². The number of hydrogen-bond donors (Lipinski definition) is 1. The van der Waals surface area contributed by atoms with E-state index in [0.29, 0.717) is 5.11 Å². The summed E-state index contributed by atoms with van der Waals surface area (Å²) in [6, 6.07) is 13.9. The minimum absolute atomic E-state index is 0.00677. The fraction of sp³-hybridized carbons (Fsp3) is 0.364. The van der Waals surface area contributed by atoms with Crippen molar-refractivity contribution < 1.29 is 9.53 Å². The summed E-state index contributed by atoms with van der Waals surface area (Å²) >= 11 is 5.76. The van der Waals surface area contributed by atoms with Gasteiger partial charge in [-0.25, -0.2) is 0 Å². The molecule has 0 saturated carbocycles. The van der Waals surface area contributed by atoms with E-state index in [-0.39, 0.29) is 11.9 Å². The fourth-order valence-electron chi connectivity index (χ4n) is 4.31. The standard InChI is InChI=1S/C22H25N3O2S/c1-13-7-6-8-15(11-13)25-21(28)23-19-16-12-14(2)9-10-17(16)27-22(25,3)18(19)20(26)24(4)5/h6-12,18-19H,1-5H3,(H,23,28)/t18-,19+,22+/m1/s1. The van der Waals surface area contributed by atoms with E-state index in [9.17, 15) is 4.79 Å². The van der Waals surface area contributed by atoms with Crippen molar-refractivity contribution in [3.8, 4) is 5.75 Å². The number of carbonyl (C=O) groups is 1. The largest absolute Gasteiger partial charge is 0.467 e. The number of benzene rings is 2. The Balaban J connectivity index is 1.93. The highest BCUT2D eigenvalue weighted by atomic mass is 32.1. The summed E-state index contributed by atoms with van der Waals surface area (Å²) in [5.41, 5.74) is 3.18. The molecule has 0 unspecified atom stereocenters. The number of nitrogens with zero attached hydrogens (tertiary/aromatic N) is 2. The van der Waals surface area contributed by atoms with Crippen LogP contribution < -0.4 is 15.0 Å². The Morgan fingerprint density at radius 1 is 1.18 bits per heavy atom. The number of nitrogens with one attached hydrogen (secondary N) is 1. The topological polar surface area (TPSA) is 44.8 Å². The Morgan fingerprint density at radius 2 is 1.89 bits per heavy atom. The Morgan fingerprint density at radius 3 is 2.57 bits per heavy atom. The number of amides is 1. The lowest BCUT2D eigenvalue weighted by Gasteiger charge is -2.56. The molecule has 1 fully saturated rings. The molecule has 2 heterocycles. The number of rotatable bonds is 2. The zero-order valence-corrected chi connectivity index (χ0v) is 17.6. The van der Waals surface area contributed by atoms with E-state index in [1.165, 1.54) is 0 Å². The molecule has 5 nitrogen and oxygen atoms in total. The Hall–Kier alpha value is -2.60. The molecule has 146 valence electrons. The maximum absolute atomic E-state index is 13.3. The monoisotopic (exact) mass is 395 g/mol. The Bertz CT molecular complexity index is 974. The van der Waals surface area contributed by atoms with Crippen LogP contribution in [0.15, 0.2) is 42.5 Å². The van der Waals surface area contributed by atoms with Crippen molar-refractivity contribution in [2.75, 3.05) is 19.0 Å². The minimum atomic E-state index is -0.940. The van der Waals surface area contributed by atoms with Crippen LogP contribution >= 0.6 is 12.2 Å². The Kier molecular flexibility index (Phi) is 4.34. The summed E-state index contributed by atoms with van der Waals surface area (Å²) in [7, 11) is 3.56. The van der Waals surface area contributed by atoms with E-state index in [1.807, 2.05) is 56.0 Å². The van der Waals surface area contributed by atoms with Crippen LogP contribution in [0.2, 0.25) is 0 Å². The molecule has 2 bridgehead atoms. The van der Waals surface area contributed by atoms with Crippen LogP contribution in [0.4, 0.5) is 5.69 Å². The summed E-state index contributed by atoms with van der Waals surface area (Å²) in [5, 5.41) is 4.00. The molecular formula is C22H25N3O2S. The van der Waals surface area contributed by atoms with Crippen LogP contribution in [0.5, 0.6) is 5.75 Å². The fourth-order valence-corrected chi connectivity index (χ4v) is 4.73. The van der Waals surface area contributed by atoms with Crippen LogP contribution in [0.25, 0.3) is 0 Å². The van der Waals surface area contributed by atoms with Crippen molar-refractivity contribution >= 4 is 28.9 Å². The van der Waals surface area contributed by atoms with Crippen molar-refractivity contribution in [1.82, 2.24) is 10.2 Å². The van der Waals surface area contributed by atoms with Crippen molar-refractivity contribution in [2.45, 2.75) is 32.5 Å². The lowest BCUT2D eigenvalue weighted by molar-refractivity contribution is -0.144. The average Bonchev–Trinajstić information content (AvgIpc) is 2.61. The van der Waals surface area contributed by atoms with E-state index in [1.54, 1.807) is 19.0 Å². The number of hydrogen-bond acceptors (Lipinski definition) is 3. The SMILES string of the molecule is Cc1cccc(N2C(=S)N[C@H]3c4cc(C)ccc4O[C@@]2(C)[C@H]3C(=O)N(C)C)c1. The number of thiocarbonyl (C=S) groups is 1. The lowest BCUT2D eigenvalue weighted by atomic mass is 9.78. The highest BCUT2D eigenvalue weighted by molar-refractivity contribution is 7.80. The van der Waals surface area contributed by atoms with Gasteiger partial charge in [0.05, 0.1) is 6.04 Å². The smallest absolute Gasteiger partial charge is 0.233 e. The minimum Gasteiger partial charge on any atom is -0.467 e. The molecule has 2 aromatic carbocycles. The van der Waals surface area contributed by atoms with Crippen molar-refractivity contribution in [3.63, 3.8) is 0 Å². The first-order chi connectivity index (χ1) is 13.2. The predicted octanol–water partition coefficient (Wildman–Crippen LogP) is 3.55. The number of aryl methyl sites for hydroxylation is 2. The molecule has 1 N–H and O–H groups in total. The molecule has 1 amide bonds. The van der Waals surface area contributed by atoms with Gasteiger partial charge in [0, 0.05) is 25.3 Å². The number of ether oxygens (including phenoxy) is 1. The van der Waals surface area contributed by atoms with Gasteiger partial charge in [0.15, 0.2) is 10.8 Å².